The summed E-state index contributed by atoms with van der Waals surface area (Å²) in [7, 11) is 2.15. The molecule has 0 amide bonds. The third kappa shape index (κ3) is 4.38. The molecular formula is C14H23ClN2S. The first-order chi connectivity index (χ1) is 8.60. The molecule has 0 fully saturated rings. The first-order valence-corrected chi connectivity index (χ1v) is 8.07. The monoisotopic (exact) mass is 286 g/mol. The molecule has 0 radical (unpaired) electrons. The summed E-state index contributed by atoms with van der Waals surface area (Å²) in [6.45, 7) is 2.91. The van der Waals surface area contributed by atoms with Crippen molar-refractivity contribution in [3.8, 4) is 0 Å². The summed E-state index contributed by atoms with van der Waals surface area (Å²) in [6.07, 6.45) is 4.20. The first-order valence-electron chi connectivity index (χ1n) is 6.30. The number of hydrogen-bond acceptors (Lipinski definition) is 3. The van der Waals surface area contributed by atoms with Gasteiger partial charge in [-0.15, -0.1) is 0 Å². The van der Waals surface area contributed by atoms with Gasteiger partial charge in [-0.3, -0.25) is 0 Å². The fourth-order valence-electron chi connectivity index (χ4n) is 1.97. The van der Waals surface area contributed by atoms with Crippen LogP contribution in [0.3, 0.4) is 0 Å². The molecule has 1 aromatic rings. The van der Waals surface area contributed by atoms with Gasteiger partial charge in [0.25, 0.3) is 0 Å². The summed E-state index contributed by atoms with van der Waals surface area (Å²) in [6, 6.07) is 6.61. The van der Waals surface area contributed by atoms with Crippen LogP contribution >= 0.6 is 23.4 Å². The average Bonchev–Trinajstić information content (AvgIpc) is 2.36. The fraction of sp³-hybridized carbons (Fsp3) is 0.571. The molecule has 0 spiro atoms. The summed E-state index contributed by atoms with van der Waals surface area (Å²) >= 11 is 7.95. The highest BCUT2D eigenvalue weighted by atomic mass is 35.5. The van der Waals surface area contributed by atoms with Crippen molar-refractivity contribution in [1.29, 1.82) is 0 Å². The van der Waals surface area contributed by atoms with Gasteiger partial charge in [0, 0.05) is 23.8 Å². The molecule has 1 unspecified atom stereocenters. The fourth-order valence-corrected chi connectivity index (χ4v) is 2.74. The largest absolute Gasteiger partial charge is 0.372 e. The Kier molecular flexibility index (Phi) is 6.90. The zero-order valence-electron chi connectivity index (χ0n) is 11.4. The average molecular weight is 287 g/mol. The van der Waals surface area contributed by atoms with Crippen LogP contribution in [0.5, 0.6) is 0 Å². The number of nitrogens with two attached hydrogens (primary N) is 1. The predicted molar refractivity (Wildman–Crippen MR) is 85.1 cm³/mol. The van der Waals surface area contributed by atoms with Gasteiger partial charge in [-0.1, -0.05) is 11.6 Å². The van der Waals surface area contributed by atoms with Crippen LogP contribution in [0.15, 0.2) is 18.2 Å². The maximum absolute atomic E-state index is 6.06. The van der Waals surface area contributed by atoms with Gasteiger partial charge in [-0.2, -0.15) is 11.8 Å². The molecule has 0 aliphatic heterocycles. The van der Waals surface area contributed by atoms with Crippen molar-refractivity contribution in [2.45, 2.75) is 25.8 Å². The van der Waals surface area contributed by atoms with Gasteiger partial charge in [-0.05, 0) is 62.1 Å². The van der Waals surface area contributed by atoms with Crippen molar-refractivity contribution in [3.05, 3.63) is 28.8 Å². The van der Waals surface area contributed by atoms with Crippen molar-refractivity contribution in [2.24, 2.45) is 5.73 Å². The molecular weight excluding hydrogens is 264 g/mol. The van der Waals surface area contributed by atoms with E-state index < -0.39 is 0 Å². The maximum Gasteiger partial charge on any atom is 0.0410 e. The standard InChI is InChI=1S/C14H23ClN2S/c1-11(7-9-18-3)17(2)14-5-4-13(15)10-12(14)6-8-16/h4-5,10-11H,6-9,16H2,1-3H3. The van der Waals surface area contributed by atoms with E-state index in [2.05, 4.69) is 31.2 Å². The molecule has 0 saturated heterocycles. The second kappa shape index (κ2) is 7.93. The van der Waals surface area contributed by atoms with E-state index in [0.29, 0.717) is 12.6 Å². The molecule has 2 N–H and O–H groups in total. The summed E-state index contributed by atoms with van der Waals surface area (Å²) in [4.78, 5) is 2.33. The molecule has 0 saturated carbocycles. The number of halogens is 1. The van der Waals surface area contributed by atoms with E-state index in [0.717, 1.165) is 11.4 Å². The van der Waals surface area contributed by atoms with E-state index in [1.807, 2.05) is 23.9 Å². The molecule has 0 aliphatic rings. The van der Waals surface area contributed by atoms with Crippen molar-refractivity contribution in [1.82, 2.24) is 0 Å². The smallest absolute Gasteiger partial charge is 0.0410 e. The Labute approximate surface area is 120 Å². The molecule has 0 bridgehead atoms. The quantitative estimate of drug-likeness (QED) is 0.833. The van der Waals surface area contributed by atoms with Gasteiger partial charge in [0.15, 0.2) is 0 Å². The minimum absolute atomic E-state index is 0.523. The van der Waals surface area contributed by atoms with Crippen LogP contribution in [0.1, 0.15) is 18.9 Å². The Balaban J connectivity index is 2.86. The number of nitrogens with zero attached hydrogens (tertiary/aromatic N) is 1. The van der Waals surface area contributed by atoms with Crippen LogP contribution in [0, 0.1) is 0 Å². The lowest BCUT2D eigenvalue weighted by atomic mass is 10.1. The van der Waals surface area contributed by atoms with E-state index in [9.17, 15) is 0 Å². The number of rotatable bonds is 7. The third-order valence-corrected chi connectivity index (χ3v) is 4.12. The lowest BCUT2D eigenvalue weighted by Gasteiger charge is -2.29. The van der Waals surface area contributed by atoms with Gasteiger partial charge in [0.1, 0.15) is 0 Å². The van der Waals surface area contributed by atoms with Crippen molar-refractivity contribution >= 4 is 29.1 Å². The minimum Gasteiger partial charge on any atom is -0.372 e. The van der Waals surface area contributed by atoms with Gasteiger partial charge in [-0.25, -0.2) is 0 Å². The first kappa shape index (κ1) is 15.7. The van der Waals surface area contributed by atoms with E-state index in [-0.39, 0.29) is 0 Å². The van der Waals surface area contributed by atoms with E-state index in [1.54, 1.807) is 0 Å². The Morgan fingerprint density at radius 3 is 2.78 bits per heavy atom. The molecule has 1 rings (SSSR count). The second-order valence-corrected chi connectivity index (χ2v) is 5.98. The molecule has 0 aromatic heterocycles. The maximum atomic E-state index is 6.06. The van der Waals surface area contributed by atoms with Crippen molar-refractivity contribution in [2.75, 3.05) is 30.5 Å². The van der Waals surface area contributed by atoms with Crippen LogP contribution in [-0.4, -0.2) is 31.6 Å². The second-order valence-electron chi connectivity index (χ2n) is 4.55. The van der Waals surface area contributed by atoms with E-state index >= 15 is 0 Å². The molecule has 0 heterocycles. The SMILES string of the molecule is CSCCC(C)N(C)c1ccc(Cl)cc1CCN. The molecule has 102 valence electrons. The van der Waals surface area contributed by atoms with Crippen LogP contribution in [-0.2, 0) is 6.42 Å². The number of hydrogen-bond donors (Lipinski definition) is 1. The molecule has 1 atom stereocenters. The topological polar surface area (TPSA) is 29.3 Å². The predicted octanol–water partition coefficient (Wildman–Crippen LogP) is 3.42. The number of thioether (sulfide) groups is 1. The van der Waals surface area contributed by atoms with E-state index in [4.69, 9.17) is 17.3 Å². The van der Waals surface area contributed by atoms with Gasteiger partial charge >= 0.3 is 0 Å². The lowest BCUT2D eigenvalue weighted by molar-refractivity contribution is 0.666. The zero-order chi connectivity index (χ0) is 13.5. The molecule has 18 heavy (non-hydrogen) atoms. The number of benzene rings is 1. The Bertz CT molecular complexity index is 371. The lowest BCUT2D eigenvalue weighted by Crippen LogP contribution is -2.30. The molecule has 2 nitrogen and oxygen atoms in total. The van der Waals surface area contributed by atoms with E-state index in [1.165, 1.54) is 23.4 Å². The number of anilines is 1. The van der Waals surface area contributed by atoms with Gasteiger partial charge < -0.3 is 10.6 Å². The van der Waals surface area contributed by atoms with Crippen LogP contribution in [0.4, 0.5) is 5.69 Å². The highest BCUT2D eigenvalue weighted by Gasteiger charge is 2.13. The molecule has 4 heteroatoms. The minimum atomic E-state index is 0.523. The Morgan fingerprint density at radius 1 is 1.44 bits per heavy atom. The van der Waals surface area contributed by atoms with Crippen LogP contribution in [0.25, 0.3) is 0 Å². The summed E-state index contributed by atoms with van der Waals surface area (Å²) in [5, 5.41) is 0.785. The van der Waals surface area contributed by atoms with Gasteiger partial charge in [0.2, 0.25) is 0 Å². The summed E-state index contributed by atoms with van der Waals surface area (Å²) in [5.41, 5.74) is 8.16. The zero-order valence-corrected chi connectivity index (χ0v) is 13.0. The highest BCUT2D eigenvalue weighted by Crippen LogP contribution is 2.26. The molecule has 1 aromatic carbocycles. The Morgan fingerprint density at radius 2 is 2.17 bits per heavy atom. The summed E-state index contributed by atoms with van der Waals surface area (Å²) in [5.74, 6) is 1.19. The van der Waals surface area contributed by atoms with Crippen LogP contribution < -0.4 is 10.6 Å². The van der Waals surface area contributed by atoms with Crippen molar-refractivity contribution in [3.63, 3.8) is 0 Å². The summed E-state index contributed by atoms with van der Waals surface area (Å²) < 4.78 is 0. The van der Waals surface area contributed by atoms with Crippen molar-refractivity contribution < 1.29 is 0 Å². The normalized spacial score (nSPS) is 12.5. The Hall–Kier alpha value is -0.380. The highest BCUT2D eigenvalue weighted by molar-refractivity contribution is 7.98. The van der Waals surface area contributed by atoms with Crippen LogP contribution in [0.2, 0.25) is 5.02 Å². The van der Waals surface area contributed by atoms with Gasteiger partial charge in [0.05, 0.1) is 0 Å². The molecule has 0 aliphatic carbocycles. The third-order valence-electron chi connectivity index (χ3n) is 3.24.